The molecule has 0 atom stereocenters. The van der Waals surface area contributed by atoms with Crippen molar-refractivity contribution in [3.8, 4) is 5.69 Å². The van der Waals surface area contributed by atoms with E-state index in [9.17, 15) is 4.39 Å². The van der Waals surface area contributed by atoms with Gasteiger partial charge in [0.25, 0.3) is 0 Å². The first kappa shape index (κ1) is 19.7. The zero-order chi connectivity index (χ0) is 21.2. The Morgan fingerprint density at radius 3 is 2.58 bits per heavy atom. The summed E-state index contributed by atoms with van der Waals surface area (Å²) < 4.78 is 20.8. The quantitative estimate of drug-likeness (QED) is 0.459. The molecule has 0 radical (unpaired) electrons. The minimum atomic E-state index is -0.315. The second kappa shape index (κ2) is 8.49. The predicted molar refractivity (Wildman–Crippen MR) is 119 cm³/mol. The number of anilines is 3. The predicted octanol–water partition coefficient (Wildman–Crippen LogP) is 4.94. The third-order valence-electron chi connectivity index (χ3n) is 5.16. The number of rotatable bonds is 5. The number of benzene rings is 2. The van der Waals surface area contributed by atoms with E-state index >= 15 is 0 Å². The molecule has 0 bridgehead atoms. The van der Waals surface area contributed by atoms with Gasteiger partial charge in [-0.2, -0.15) is 4.98 Å². The Morgan fingerprint density at radius 1 is 1.03 bits per heavy atom. The Kier molecular flexibility index (Phi) is 5.40. The monoisotopic (exact) mass is 438 g/mol. The van der Waals surface area contributed by atoms with Gasteiger partial charge >= 0.3 is 0 Å². The summed E-state index contributed by atoms with van der Waals surface area (Å²) in [6.45, 7) is 1.44. The minimum Gasteiger partial charge on any atom is -0.381 e. The highest BCUT2D eigenvalue weighted by molar-refractivity contribution is 6.33. The lowest BCUT2D eigenvalue weighted by atomic mass is 10.1. The van der Waals surface area contributed by atoms with Crippen molar-refractivity contribution in [1.82, 2.24) is 19.5 Å². The number of hydrogen-bond acceptors (Lipinski definition) is 6. The number of ether oxygens (including phenoxy) is 1. The van der Waals surface area contributed by atoms with Crippen molar-refractivity contribution in [3.63, 3.8) is 0 Å². The highest BCUT2D eigenvalue weighted by Gasteiger charge is 2.19. The third kappa shape index (κ3) is 4.17. The van der Waals surface area contributed by atoms with E-state index in [0.29, 0.717) is 39.5 Å². The zero-order valence-corrected chi connectivity index (χ0v) is 17.3. The van der Waals surface area contributed by atoms with Crippen LogP contribution in [0.15, 0.2) is 54.7 Å². The molecule has 2 aromatic heterocycles. The van der Waals surface area contributed by atoms with Crippen molar-refractivity contribution in [3.05, 3.63) is 65.6 Å². The van der Waals surface area contributed by atoms with Crippen molar-refractivity contribution in [2.45, 2.75) is 18.9 Å². The highest BCUT2D eigenvalue weighted by Crippen LogP contribution is 2.29. The van der Waals surface area contributed by atoms with Crippen LogP contribution in [0.5, 0.6) is 0 Å². The van der Waals surface area contributed by atoms with Gasteiger partial charge in [0, 0.05) is 19.3 Å². The molecule has 1 aliphatic heterocycles. The lowest BCUT2D eigenvalue weighted by Gasteiger charge is -2.22. The van der Waals surface area contributed by atoms with Crippen LogP contribution >= 0.6 is 11.6 Å². The molecule has 0 unspecified atom stereocenters. The van der Waals surface area contributed by atoms with E-state index < -0.39 is 0 Å². The Hall–Kier alpha value is -3.23. The first-order chi connectivity index (χ1) is 15.2. The van der Waals surface area contributed by atoms with E-state index in [0.717, 1.165) is 26.1 Å². The Labute approximate surface area is 183 Å². The van der Waals surface area contributed by atoms with Crippen molar-refractivity contribution in [2.75, 3.05) is 23.8 Å². The van der Waals surface area contributed by atoms with Gasteiger partial charge in [0.2, 0.25) is 11.9 Å². The molecule has 0 saturated carbocycles. The second-order valence-electron chi connectivity index (χ2n) is 7.29. The highest BCUT2D eigenvalue weighted by atomic mass is 35.5. The minimum absolute atomic E-state index is 0.258. The van der Waals surface area contributed by atoms with Gasteiger partial charge in [-0.3, -0.25) is 4.57 Å². The van der Waals surface area contributed by atoms with E-state index in [2.05, 4.69) is 20.6 Å². The fourth-order valence-electron chi connectivity index (χ4n) is 3.57. The largest absolute Gasteiger partial charge is 0.381 e. The standard InChI is InChI=1S/C22H20ClFN6O/c23-17-3-1-2-4-18(17)27-22-28-19-13-25-21(26-15-9-11-31-12-10-15)29-20(19)30(22)16-7-5-14(24)6-8-16/h1-8,13,15H,9-12H2,(H,27,28)(H,25,26,29). The zero-order valence-electron chi connectivity index (χ0n) is 16.6. The molecule has 9 heteroatoms. The topological polar surface area (TPSA) is 76.9 Å². The van der Waals surface area contributed by atoms with Gasteiger partial charge in [-0.15, -0.1) is 0 Å². The van der Waals surface area contributed by atoms with E-state index in [4.69, 9.17) is 21.3 Å². The summed E-state index contributed by atoms with van der Waals surface area (Å²) in [7, 11) is 0. The second-order valence-corrected chi connectivity index (χ2v) is 7.69. The van der Waals surface area contributed by atoms with Gasteiger partial charge in [0.15, 0.2) is 5.65 Å². The van der Waals surface area contributed by atoms with Gasteiger partial charge in [0.1, 0.15) is 11.3 Å². The Balaban J connectivity index is 1.59. The van der Waals surface area contributed by atoms with Crippen molar-refractivity contribution < 1.29 is 9.13 Å². The van der Waals surface area contributed by atoms with Crippen LogP contribution in [0.1, 0.15) is 12.8 Å². The van der Waals surface area contributed by atoms with Crippen molar-refractivity contribution in [1.29, 1.82) is 0 Å². The molecule has 1 aliphatic rings. The molecular weight excluding hydrogens is 419 g/mol. The van der Waals surface area contributed by atoms with Crippen LogP contribution in [0.2, 0.25) is 5.02 Å². The number of imidazole rings is 1. The first-order valence-corrected chi connectivity index (χ1v) is 10.4. The summed E-state index contributed by atoms with van der Waals surface area (Å²) in [5.41, 5.74) is 2.63. The van der Waals surface area contributed by atoms with Crippen LogP contribution in [-0.2, 0) is 4.74 Å². The summed E-state index contributed by atoms with van der Waals surface area (Å²) in [4.78, 5) is 13.8. The van der Waals surface area contributed by atoms with Crippen molar-refractivity contribution >= 4 is 40.3 Å². The van der Waals surface area contributed by atoms with Crippen LogP contribution in [0, 0.1) is 5.82 Å². The first-order valence-electron chi connectivity index (χ1n) is 10.0. The van der Waals surface area contributed by atoms with Crippen LogP contribution in [0.25, 0.3) is 16.9 Å². The summed E-state index contributed by atoms with van der Waals surface area (Å²) in [6, 6.07) is 13.8. The van der Waals surface area contributed by atoms with Gasteiger partial charge in [-0.05, 0) is 49.2 Å². The summed E-state index contributed by atoms with van der Waals surface area (Å²) in [6.07, 6.45) is 3.48. The molecule has 0 amide bonds. The molecule has 3 heterocycles. The number of fused-ring (bicyclic) bond motifs is 1. The van der Waals surface area contributed by atoms with Crippen LogP contribution in [-0.4, -0.2) is 38.8 Å². The normalized spacial score (nSPS) is 14.6. The summed E-state index contributed by atoms with van der Waals surface area (Å²) in [5.74, 6) is 0.712. The van der Waals surface area contributed by atoms with E-state index in [-0.39, 0.29) is 11.9 Å². The lowest BCUT2D eigenvalue weighted by molar-refractivity contribution is 0.0903. The summed E-state index contributed by atoms with van der Waals surface area (Å²) >= 11 is 6.33. The Morgan fingerprint density at radius 2 is 1.81 bits per heavy atom. The van der Waals surface area contributed by atoms with Gasteiger partial charge in [-0.1, -0.05) is 23.7 Å². The van der Waals surface area contributed by atoms with Crippen LogP contribution in [0.3, 0.4) is 0 Å². The number of halogens is 2. The molecule has 0 aliphatic carbocycles. The molecule has 5 rings (SSSR count). The number of nitrogens with zero attached hydrogens (tertiary/aromatic N) is 4. The molecule has 2 aromatic carbocycles. The molecule has 158 valence electrons. The van der Waals surface area contributed by atoms with E-state index in [1.165, 1.54) is 12.1 Å². The molecule has 1 saturated heterocycles. The number of aromatic nitrogens is 4. The number of para-hydroxylation sites is 1. The van der Waals surface area contributed by atoms with Crippen LogP contribution in [0.4, 0.5) is 22.0 Å². The summed E-state index contributed by atoms with van der Waals surface area (Å²) in [5, 5.41) is 7.21. The van der Waals surface area contributed by atoms with E-state index in [1.807, 2.05) is 22.8 Å². The van der Waals surface area contributed by atoms with Crippen molar-refractivity contribution in [2.24, 2.45) is 0 Å². The third-order valence-corrected chi connectivity index (χ3v) is 5.49. The van der Waals surface area contributed by atoms with Crippen LogP contribution < -0.4 is 10.6 Å². The maximum Gasteiger partial charge on any atom is 0.224 e. The maximum atomic E-state index is 13.6. The fourth-order valence-corrected chi connectivity index (χ4v) is 3.75. The Bertz CT molecular complexity index is 1210. The van der Waals surface area contributed by atoms with Gasteiger partial charge in [-0.25, -0.2) is 14.4 Å². The molecule has 0 spiro atoms. The smallest absolute Gasteiger partial charge is 0.224 e. The number of hydrogen-bond donors (Lipinski definition) is 2. The average Bonchev–Trinajstić information content (AvgIpc) is 3.14. The average molecular weight is 439 g/mol. The molecule has 7 nitrogen and oxygen atoms in total. The fraction of sp³-hybridized carbons (Fsp3) is 0.227. The lowest BCUT2D eigenvalue weighted by Crippen LogP contribution is -2.28. The van der Waals surface area contributed by atoms with Gasteiger partial charge in [0.05, 0.1) is 22.6 Å². The number of nitrogens with one attached hydrogen (secondary N) is 2. The SMILES string of the molecule is Fc1ccc(-n2c(Nc3ccccc3Cl)nc3cnc(NC4CCOCC4)nc32)cc1. The maximum absolute atomic E-state index is 13.6. The van der Waals surface area contributed by atoms with E-state index in [1.54, 1.807) is 24.4 Å². The molecule has 31 heavy (non-hydrogen) atoms. The van der Waals surface area contributed by atoms with Gasteiger partial charge < -0.3 is 15.4 Å². The molecular formula is C22H20ClFN6O. The molecule has 4 aromatic rings. The molecule has 1 fully saturated rings. The molecule has 2 N–H and O–H groups in total.